The Balaban J connectivity index is 2.20. The SMILES string of the molecule is Cc1ccccc1N(CCO)C(=O)/C=C/c1ccccc1. The third kappa shape index (κ3) is 4.04. The zero-order valence-electron chi connectivity index (χ0n) is 12.1. The van der Waals surface area contributed by atoms with E-state index in [0.29, 0.717) is 0 Å². The second-order valence-corrected chi connectivity index (χ2v) is 4.74. The highest BCUT2D eigenvalue weighted by molar-refractivity contribution is 6.04. The Morgan fingerprint density at radius 3 is 2.43 bits per heavy atom. The molecule has 0 aromatic heterocycles. The number of benzene rings is 2. The molecule has 108 valence electrons. The highest BCUT2D eigenvalue weighted by Crippen LogP contribution is 2.19. The molecule has 21 heavy (non-hydrogen) atoms. The molecule has 1 amide bonds. The molecule has 0 aliphatic carbocycles. The molecule has 1 N–H and O–H groups in total. The topological polar surface area (TPSA) is 40.5 Å². The Morgan fingerprint density at radius 1 is 1.10 bits per heavy atom. The van der Waals surface area contributed by atoms with Crippen LogP contribution in [0.2, 0.25) is 0 Å². The number of anilines is 1. The lowest BCUT2D eigenvalue weighted by Gasteiger charge is -2.22. The molecule has 0 atom stereocenters. The summed E-state index contributed by atoms with van der Waals surface area (Å²) < 4.78 is 0. The highest BCUT2D eigenvalue weighted by Gasteiger charge is 2.14. The van der Waals surface area contributed by atoms with E-state index in [9.17, 15) is 9.90 Å². The van der Waals surface area contributed by atoms with E-state index in [1.807, 2.05) is 61.5 Å². The molecule has 0 heterocycles. The Hall–Kier alpha value is -2.39. The molecule has 2 aromatic carbocycles. The van der Waals surface area contributed by atoms with Crippen LogP contribution in [0.15, 0.2) is 60.7 Å². The second kappa shape index (κ2) is 7.41. The van der Waals surface area contributed by atoms with Crippen molar-refractivity contribution >= 4 is 17.7 Å². The van der Waals surface area contributed by atoms with Gasteiger partial charge in [0.25, 0.3) is 5.91 Å². The number of hydrogen-bond acceptors (Lipinski definition) is 2. The number of aliphatic hydroxyl groups is 1. The van der Waals surface area contributed by atoms with Crippen LogP contribution in [0, 0.1) is 6.92 Å². The van der Waals surface area contributed by atoms with Crippen molar-refractivity contribution in [1.29, 1.82) is 0 Å². The van der Waals surface area contributed by atoms with Crippen molar-refractivity contribution in [3.8, 4) is 0 Å². The van der Waals surface area contributed by atoms with Gasteiger partial charge in [-0.1, -0.05) is 48.5 Å². The molecule has 0 aliphatic rings. The summed E-state index contributed by atoms with van der Waals surface area (Å²) in [5.74, 6) is -0.137. The zero-order chi connectivity index (χ0) is 15.1. The van der Waals surface area contributed by atoms with Gasteiger partial charge in [0.1, 0.15) is 0 Å². The molecule has 0 unspecified atom stereocenters. The number of hydrogen-bond donors (Lipinski definition) is 1. The summed E-state index contributed by atoms with van der Waals surface area (Å²) >= 11 is 0. The first kappa shape index (κ1) is 15.0. The molecule has 2 rings (SSSR count). The van der Waals surface area contributed by atoms with Crippen LogP contribution in [0.25, 0.3) is 6.08 Å². The first-order chi connectivity index (χ1) is 10.2. The number of carbonyl (C=O) groups excluding carboxylic acids is 1. The molecule has 3 nitrogen and oxygen atoms in total. The maximum absolute atomic E-state index is 12.4. The summed E-state index contributed by atoms with van der Waals surface area (Å²) in [5, 5.41) is 9.21. The Labute approximate surface area is 125 Å². The molecule has 0 saturated heterocycles. The van der Waals surface area contributed by atoms with Gasteiger partial charge in [0.15, 0.2) is 0 Å². The van der Waals surface area contributed by atoms with Crippen molar-refractivity contribution in [2.45, 2.75) is 6.92 Å². The summed E-state index contributed by atoms with van der Waals surface area (Å²) in [6.45, 7) is 2.16. The van der Waals surface area contributed by atoms with Crippen molar-refractivity contribution in [3.05, 3.63) is 71.8 Å². The average Bonchev–Trinajstić information content (AvgIpc) is 2.52. The van der Waals surface area contributed by atoms with Gasteiger partial charge in [0.05, 0.1) is 6.61 Å². The number of rotatable bonds is 5. The van der Waals surface area contributed by atoms with Gasteiger partial charge in [-0.25, -0.2) is 0 Å². The van der Waals surface area contributed by atoms with Crippen molar-refractivity contribution in [2.24, 2.45) is 0 Å². The van der Waals surface area contributed by atoms with Gasteiger partial charge in [0, 0.05) is 18.3 Å². The van der Waals surface area contributed by atoms with Crippen molar-refractivity contribution in [1.82, 2.24) is 0 Å². The van der Waals surface area contributed by atoms with E-state index < -0.39 is 0 Å². The van der Waals surface area contributed by atoms with Crippen molar-refractivity contribution in [2.75, 3.05) is 18.1 Å². The number of carbonyl (C=O) groups is 1. The smallest absolute Gasteiger partial charge is 0.251 e. The predicted molar refractivity (Wildman–Crippen MR) is 86.1 cm³/mol. The summed E-state index contributed by atoms with van der Waals surface area (Å²) in [7, 11) is 0. The van der Waals surface area contributed by atoms with Gasteiger partial charge >= 0.3 is 0 Å². The summed E-state index contributed by atoms with van der Waals surface area (Å²) in [6, 6.07) is 17.3. The maximum Gasteiger partial charge on any atom is 0.251 e. The minimum atomic E-state index is -0.137. The van der Waals surface area contributed by atoms with E-state index in [4.69, 9.17) is 0 Å². The van der Waals surface area contributed by atoms with E-state index in [1.54, 1.807) is 11.0 Å². The van der Waals surface area contributed by atoms with Gasteiger partial charge in [-0.15, -0.1) is 0 Å². The van der Waals surface area contributed by atoms with Crippen LogP contribution in [0.5, 0.6) is 0 Å². The summed E-state index contributed by atoms with van der Waals surface area (Å²) in [4.78, 5) is 14.0. The third-order valence-electron chi connectivity index (χ3n) is 3.21. The quantitative estimate of drug-likeness (QED) is 0.856. The van der Waals surface area contributed by atoms with Crippen LogP contribution in [0.4, 0.5) is 5.69 Å². The van der Waals surface area contributed by atoms with Gasteiger partial charge in [-0.05, 0) is 30.2 Å². The van der Waals surface area contributed by atoms with Crippen LogP contribution in [-0.2, 0) is 4.79 Å². The lowest BCUT2D eigenvalue weighted by atomic mass is 10.1. The van der Waals surface area contributed by atoms with Gasteiger partial charge in [0.2, 0.25) is 0 Å². The minimum Gasteiger partial charge on any atom is -0.395 e. The first-order valence-corrected chi connectivity index (χ1v) is 6.93. The van der Waals surface area contributed by atoms with Crippen molar-refractivity contribution < 1.29 is 9.90 Å². The number of nitrogens with zero attached hydrogens (tertiary/aromatic N) is 1. The molecule has 0 fully saturated rings. The minimum absolute atomic E-state index is 0.0702. The van der Waals surface area contributed by atoms with E-state index in [-0.39, 0.29) is 19.1 Å². The molecule has 0 radical (unpaired) electrons. The lowest BCUT2D eigenvalue weighted by molar-refractivity contribution is -0.114. The van der Waals surface area contributed by atoms with E-state index in [2.05, 4.69) is 0 Å². The molecule has 0 bridgehead atoms. The maximum atomic E-state index is 12.4. The molecule has 0 aliphatic heterocycles. The first-order valence-electron chi connectivity index (χ1n) is 6.93. The summed E-state index contributed by atoms with van der Waals surface area (Å²) in [6.07, 6.45) is 3.32. The summed E-state index contributed by atoms with van der Waals surface area (Å²) in [5.41, 5.74) is 2.81. The number of aliphatic hydroxyl groups excluding tert-OH is 1. The number of para-hydroxylation sites is 1. The second-order valence-electron chi connectivity index (χ2n) is 4.74. The normalized spacial score (nSPS) is 10.8. The van der Waals surface area contributed by atoms with Crippen LogP contribution in [-0.4, -0.2) is 24.2 Å². The van der Waals surface area contributed by atoms with Crippen LogP contribution in [0.1, 0.15) is 11.1 Å². The molecular formula is C18H19NO2. The Morgan fingerprint density at radius 2 is 1.76 bits per heavy atom. The molecule has 2 aromatic rings. The molecule has 3 heteroatoms. The van der Waals surface area contributed by atoms with E-state index in [1.165, 1.54) is 6.08 Å². The van der Waals surface area contributed by atoms with Crippen LogP contribution >= 0.6 is 0 Å². The predicted octanol–water partition coefficient (Wildman–Crippen LogP) is 3.03. The Kier molecular flexibility index (Phi) is 5.29. The molecular weight excluding hydrogens is 262 g/mol. The Bertz CT molecular complexity index is 620. The van der Waals surface area contributed by atoms with E-state index >= 15 is 0 Å². The van der Waals surface area contributed by atoms with Crippen LogP contribution in [0.3, 0.4) is 0 Å². The van der Waals surface area contributed by atoms with Crippen molar-refractivity contribution in [3.63, 3.8) is 0 Å². The fourth-order valence-electron chi connectivity index (χ4n) is 2.14. The largest absolute Gasteiger partial charge is 0.395 e. The van der Waals surface area contributed by atoms with Gasteiger partial charge in [-0.3, -0.25) is 4.79 Å². The highest BCUT2D eigenvalue weighted by atomic mass is 16.3. The standard InChI is InChI=1S/C18H19NO2/c1-15-7-5-6-10-17(15)19(13-14-20)18(21)12-11-16-8-3-2-4-9-16/h2-12,20H,13-14H2,1H3/b12-11+. The van der Waals surface area contributed by atoms with E-state index in [0.717, 1.165) is 16.8 Å². The monoisotopic (exact) mass is 281 g/mol. The fourth-order valence-corrected chi connectivity index (χ4v) is 2.14. The molecule has 0 saturated carbocycles. The zero-order valence-corrected chi connectivity index (χ0v) is 12.1. The average molecular weight is 281 g/mol. The number of amides is 1. The van der Waals surface area contributed by atoms with Gasteiger partial charge < -0.3 is 10.0 Å². The molecule has 0 spiro atoms. The lowest BCUT2D eigenvalue weighted by Crippen LogP contribution is -2.32. The third-order valence-corrected chi connectivity index (χ3v) is 3.21. The number of aryl methyl sites for hydroxylation is 1. The van der Waals surface area contributed by atoms with Gasteiger partial charge in [-0.2, -0.15) is 0 Å². The van der Waals surface area contributed by atoms with Crippen LogP contribution < -0.4 is 4.90 Å². The fraction of sp³-hybridized carbons (Fsp3) is 0.167.